The van der Waals surface area contributed by atoms with Gasteiger partial charge in [-0.05, 0) is 104 Å². The zero-order valence-electron chi connectivity index (χ0n) is 22.7. The largest absolute Gasteiger partial charge is 0.423 e. The van der Waals surface area contributed by atoms with Gasteiger partial charge in [-0.25, -0.2) is 9.18 Å². The second kappa shape index (κ2) is 13.9. The Balaban J connectivity index is 1.28. The van der Waals surface area contributed by atoms with Gasteiger partial charge in [0.05, 0.1) is 5.56 Å². The molecule has 3 heteroatoms. The van der Waals surface area contributed by atoms with Crippen molar-refractivity contribution in [2.24, 2.45) is 17.8 Å². The molecule has 2 saturated carbocycles. The Labute approximate surface area is 223 Å². The van der Waals surface area contributed by atoms with E-state index in [-0.39, 0.29) is 17.3 Å². The van der Waals surface area contributed by atoms with Crippen LogP contribution in [0.25, 0.3) is 0 Å². The molecule has 37 heavy (non-hydrogen) atoms. The smallest absolute Gasteiger partial charge is 0.343 e. The Hall–Kier alpha value is -2.42. The maximum atomic E-state index is 15.2. The predicted octanol–water partition coefficient (Wildman–Crippen LogP) is 9.82. The number of rotatable bonds is 12. The molecule has 2 aliphatic rings. The molecular weight excluding hydrogens is 459 g/mol. The van der Waals surface area contributed by atoms with Crippen molar-refractivity contribution in [1.29, 1.82) is 0 Å². The number of carbonyl (C=O) groups excluding carboxylic acids is 1. The molecule has 0 bridgehead atoms. The molecule has 0 heterocycles. The first-order chi connectivity index (χ1) is 18.1. The summed E-state index contributed by atoms with van der Waals surface area (Å²) in [6, 6.07) is 12.4. The van der Waals surface area contributed by atoms with Gasteiger partial charge in [0.15, 0.2) is 0 Å². The summed E-state index contributed by atoms with van der Waals surface area (Å²) in [7, 11) is 0. The van der Waals surface area contributed by atoms with Crippen molar-refractivity contribution in [2.75, 3.05) is 0 Å². The van der Waals surface area contributed by atoms with Crippen LogP contribution in [0.5, 0.6) is 5.75 Å². The van der Waals surface area contributed by atoms with E-state index in [2.05, 4.69) is 13.5 Å². The van der Waals surface area contributed by atoms with Crippen molar-refractivity contribution < 1.29 is 13.9 Å². The molecule has 2 aromatic rings. The predicted molar refractivity (Wildman–Crippen MR) is 151 cm³/mol. The van der Waals surface area contributed by atoms with Crippen molar-refractivity contribution in [3.05, 3.63) is 77.6 Å². The van der Waals surface area contributed by atoms with Crippen molar-refractivity contribution in [3.63, 3.8) is 0 Å². The molecule has 0 N–H and O–H groups in total. The van der Waals surface area contributed by atoms with E-state index in [1.54, 1.807) is 18.2 Å². The van der Waals surface area contributed by atoms with Crippen molar-refractivity contribution in [1.82, 2.24) is 0 Å². The molecule has 4 rings (SSSR count). The third kappa shape index (κ3) is 7.79. The molecule has 2 fully saturated rings. The molecule has 0 aromatic heterocycles. The van der Waals surface area contributed by atoms with Gasteiger partial charge >= 0.3 is 5.97 Å². The monoisotopic (exact) mass is 504 g/mol. The maximum Gasteiger partial charge on any atom is 0.343 e. The lowest BCUT2D eigenvalue weighted by Crippen LogP contribution is -2.30. The Morgan fingerprint density at radius 3 is 2.49 bits per heavy atom. The number of hydrogen-bond acceptors (Lipinski definition) is 2. The molecule has 0 amide bonds. The van der Waals surface area contributed by atoms with Crippen molar-refractivity contribution in [3.8, 4) is 5.75 Å². The number of ether oxygens (including phenoxy) is 1. The fourth-order valence-electron chi connectivity index (χ4n) is 6.71. The number of carbonyl (C=O) groups is 1. The summed E-state index contributed by atoms with van der Waals surface area (Å²) in [4.78, 5) is 12.7. The summed E-state index contributed by atoms with van der Waals surface area (Å²) in [5.74, 6) is 2.43. The maximum absolute atomic E-state index is 15.2. The Bertz CT molecular complexity index is 1010. The molecular formula is C34H45FO2. The first-order valence-electron chi connectivity index (χ1n) is 14.8. The highest BCUT2D eigenvalue weighted by atomic mass is 19.1. The van der Waals surface area contributed by atoms with Crippen LogP contribution in [0.1, 0.15) is 118 Å². The van der Waals surface area contributed by atoms with Crippen LogP contribution in [0.2, 0.25) is 0 Å². The Morgan fingerprint density at radius 1 is 0.973 bits per heavy atom. The normalized spacial score (nSPS) is 23.3. The van der Waals surface area contributed by atoms with Crippen LogP contribution >= 0.6 is 0 Å². The van der Waals surface area contributed by atoms with Crippen LogP contribution in [0.3, 0.4) is 0 Å². The zero-order chi connectivity index (χ0) is 26.0. The minimum Gasteiger partial charge on any atom is -0.423 e. The summed E-state index contributed by atoms with van der Waals surface area (Å²) in [5.41, 5.74) is 2.21. The number of benzene rings is 2. The summed E-state index contributed by atoms with van der Waals surface area (Å²) in [6.45, 7) is 6.02. The van der Waals surface area contributed by atoms with Gasteiger partial charge in [-0.1, -0.05) is 76.1 Å². The third-order valence-corrected chi connectivity index (χ3v) is 8.88. The minimum atomic E-state index is -0.513. The van der Waals surface area contributed by atoms with Crippen LogP contribution in [-0.2, 0) is 6.42 Å². The summed E-state index contributed by atoms with van der Waals surface area (Å²) in [6.07, 6.45) is 19.4. The van der Waals surface area contributed by atoms with Crippen molar-refractivity contribution in [2.45, 2.75) is 103 Å². The van der Waals surface area contributed by atoms with Gasteiger partial charge in [0.2, 0.25) is 0 Å². The van der Waals surface area contributed by atoms with Crippen LogP contribution in [0.4, 0.5) is 4.39 Å². The number of allylic oxidation sites excluding steroid dienone is 1. The molecule has 0 spiro atoms. The molecule has 4 unspecified atom stereocenters. The highest BCUT2D eigenvalue weighted by molar-refractivity contribution is 5.91. The average Bonchev–Trinajstić information content (AvgIpc) is 2.92. The van der Waals surface area contributed by atoms with Crippen LogP contribution < -0.4 is 4.74 Å². The van der Waals surface area contributed by atoms with E-state index in [0.29, 0.717) is 5.75 Å². The fraction of sp³-hybridized carbons (Fsp3) is 0.559. The first-order valence-corrected chi connectivity index (χ1v) is 14.8. The molecule has 200 valence electrons. The summed E-state index contributed by atoms with van der Waals surface area (Å²) < 4.78 is 20.7. The number of halogens is 1. The number of hydrogen-bond donors (Lipinski definition) is 0. The highest BCUT2D eigenvalue weighted by Gasteiger charge is 2.36. The van der Waals surface area contributed by atoms with E-state index >= 15 is 4.39 Å². The van der Waals surface area contributed by atoms with Gasteiger partial charge in [0.25, 0.3) is 0 Å². The van der Waals surface area contributed by atoms with Gasteiger partial charge in [0.1, 0.15) is 11.6 Å². The minimum absolute atomic E-state index is 0.264. The van der Waals surface area contributed by atoms with Gasteiger partial charge < -0.3 is 4.74 Å². The average molecular weight is 505 g/mol. The lowest BCUT2D eigenvalue weighted by atomic mass is 9.63. The van der Waals surface area contributed by atoms with E-state index in [0.717, 1.165) is 49.0 Å². The van der Waals surface area contributed by atoms with Gasteiger partial charge in [-0.2, -0.15) is 0 Å². The Morgan fingerprint density at radius 2 is 1.73 bits per heavy atom. The van der Waals surface area contributed by atoms with Gasteiger partial charge in [-0.15, -0.1) is 6.58 Å². The molecule has 0 aliphatic heterocycles. The van der Waals surface area contributed by atoms with Crippen LogP contribution in [-0.4, -0.2) is 5.97 Å². The third-order valence-electron chi connectivity index (χ3n) is 8.88. The second-order valence-corrected chi connectivity index (χ2v) is 11.5. The highest BCUT2D eigenvalue weighted by Crippen LogP contribution is 2.48. The van der Waals surface area contributed by atoms with Crippen LogP contribution in [0.15, 0.2) is 55.1 Å². The van der Waals surface area contributed by atoms with E-state index in [1.165, 1.54) is 75.8 Å². The Kier molecular flexibility index (Phi) is 10.4. The number of fused-ring (bicyclic) bond motifs is 1. The fourth-order valence-corrected chi connectivity index (χ4v) is 6.71. The lowest BCUT2D eigenvalue weighted by molar-refractivity contribution is 0.0734. The van der Waals surface area contributed by atoms with E-state index in [1.807, 2.05) is 24.3 Å². The van der Waals surface area contributed by atoms with Gasteiger partial charge in [0, 0.05) is 0 Å². The number of aryl methyl sites for hydroxylation is 1. The summed E-state index contributed by atoms with van der Waals surface area (Å²) in [5, 5.41) is 0. The van der Waals surface area contributed by atoms with Crippen LogP contribution in [0, 0.1) is 23.6 Å². The second-order valence-electron chi connectivity index (χ2n) is 11.5. The summed E-state index contributed by atoms with van der Waals surface area (Å²) >= 11 is 0. The standard InChI is InChI=1S/C34H45FO2/c1-3-5-7-8-9-11-26-12-15-28-23-29(17-16-27(28)22-26)32-21-18-30(24-33(32)35)34(36)37-31-19-13-25(14-20-31)10-6-4-2/h4,13-14,18-21,24,26-29H,2-3,5-12,15-17,22-23H2,1H3. The first kappa shape index (κ1) is 27.6. The van der Waals surface area contributed by atoms with E-state index < -0.39 is 5.97 Å². The topological polar surface area (TPSA) is 26.3 Å². The molecule has 2 aromatic carbocycles. The number of esters is 1. The molecule has 2 aliphatic carbocycles. The van der Waals surface area contributed by atoms with Gasteiger partial charge in [-0.3, -0.25) is 0 Å². The molecule has 0 radical (unpaired) electrons. The quantitative estimate of drug-likeness (QED) is 0.124. The zero-order valence-corrected chi connectivity index (χ0v) is 22.7. The molecule has 4 atom stereocenters. The lowest BCUT2D eigenvalue weighted by Gasteiger charge is -2.42. The SMILES string of the molecule is C=CCCc1ccc(OC(=O)c2ccc(C3CCC4CC(CCCCCCC)CCC4C3)c(F)c2)cc1. The molecule has 0 saturated heterocycles. The van der Waals surface area contributed by atoms with Crippen molar-refractivity contribution >= 4 is 5.97 Å². The number of unbranched alkanes of at least 4 members (excludes halogenated alkanes) is 4. The molecule has 2 nitrogen and oxygen atoms in total. The van der Waals surface area contributed by atoms with E-state index in [4.69, 9.17) is 4.74 Å². The van der Waals surface area contributed by atoms with E-state index in [9.17, 15) is 4.79 Å².